The Labute approximate surface area is 104 Å². The van der Waals surface area contributed by atoms with Crippen molar-refractivity contribution in [3.05, 3.63) is 29.8 Å². The Bertz CT molecular complexity index is 375. The predicted octanol–water partition coefficient (Wildman–Crippen LogP) is 1.97. The maximum Gasteiger partial charge on any atom is 0.0321 e. The molecular formula is C14H23N3. The summed E-state index contributed by atoms with van der Waals surface area (Å²) in [7, 11) is 4.33. The number of nitrogen functional groups attached to an aromatic ring is 1. The first-order valence-corrected chi connectivity index (χ1v) is 6.34. The monoisotopic (exact) mass is 233 g/mol. The van der Waals surface area contributed by atoms with Crippen molar-refractivity contribution in [3.8, 4) is 0 Å². The van der Waals surface area contributed by atoms with E-state index in [-0.39, 0.29) is 0 Å². The fourth-order valence-corrected chi connectivity index (χ4v) is 2.57. The summed E-state index contributed by atoms with van der Waals surface area (Å²) in [5, 5.41) is 0. The quantitative estimate of drug-likeness (QED) is 0.810. The summed E-state index contributed by atoms with van der Waals surface area (Å²) in [4.78, 5) is 4.87. The van der Waals surface area contributed by atoms with E-state index in [0.29, 0.717) is 12.1 Å². The van der Waals surface area contributed by atoms with E-state index < -0.39 is 0 Å². The first kappa shape index (κ1) is 12.4. The molecular weight excluding hydrogens is 210 g/mol. The zero-order chi connectivity index (χ0) is 12.4. The van der Waals surface area contributed by atoms with Gasteiger partial charge in [-0.3, -0.25) is 4.90 Å². The molecule has 3 nitrogen and oxygen atoms in total. The molecule has 3 heteroatoms. The van der Waals surface area contributed by atoms with Crippen molar-refractivity contribution in [1.82, 2.24) is 9.80 Å². The normalized spacial score (nSPS) is 23.2. The van der Waals surface area contributed by atoms with Gasteiger partial charge in [-0.1, -0.05) is 12.1 Å². The number of anilines is 1. The molecule has 0 spiro atoms. The molecule has 0 aromatic heterocycles. The number of benzene rings is 1. The Morgan fingerprint density at radius 3 is 2.76 bits per heavy atom. The molecule has 94 valence electrons. The van der Waals surface area contributed by atoms with Crippen molar-refractivity contribution < 1.29 is 0 Å². The lowest BCUT2D eigenvalue weighted by atomic mass is 10.1. The first-order chi connectivity index (χ1) is 8.08. The Balaban J connectivity index is 2.04. The van der Waals surface area contributed by atoms with Gasteiger partial charge in [0.2, 0.25) is 0 Å². The molecule has 0 amide bonds. The van der Waals surface area contributed by atoms with Gasteiger partial charge in [0.05, 0.1) is 0 Å². The van der Waals surface area contributed by atoms with Gasteiger partial charge in [0.25, 0.3) is 0 Å². The molecule has 17 heavy (non-hydrogen) atoms. The van der Waals surface area contributed by atoms with Crippen LogP contribution in [0.2, 0.25) is 0 Å². The van der Waals surface area contributed by atoms with Gasteiger partial charge in [-0.15, -0.1) is 0 Å². The topological polar surface area (TPSA) is 32.5 Å². The van der Waals surface area contributed by atoms with Crippen LogP contribution in [0.25, 0.3) is 0 Å². The van der Waals surface area contributed by atoms with Crippen LogP contribution in [0.4, 0.5) is 5.69 Å². The molecule has 2 atom stereocenters. The fraction of sp³-hybridized carbons (Fsp3) is 0.571. The highest BCUT2D eigenvalue weighted by molar-refractivity contribution is 5.41. The molecule has 1 aromatic carbocycles. The smallest absolute Gasteiger partial charge is 0.0321 e. The molecule has 2 unspecified atom stereocenters. The fourth-order valence-electron chi connectivity index (χ4n) is 2.57. The Kier molecular flexibility index (Phi) is 3.69. The van der Waals surface area contributed by atoms with Gasteiger partial charge < -0.3 is 10.6 Å². The van der Waals surface area contributed by atoms with Crippen LogP contribution in [-0.2, 0) is 0 Å². The molecule has 1 saturated heterocycles. The molecule has 0 aliphatic carbocycles. The van der Waals surface area contributed by atoms with Gasteiger partial charge in [-0.2, -0.15) is 0 Å². The van der Waals surface area contributed by atoms with E-state index in [1.807, 2.05) is 12.1 Å². The van der Waals surface area contributed by atoms with E-state index in [4.69, 9.17) is 5.73 Å². The van der Waals surface area contributed by atoms with Crippen molar-refractivity contribution in [1.29, 1.82) is 0 Å². The summed E-state index contributed by atoms with van der Waals surface area (Å²) in [5.41, 5.74) is 8.03. The van der Waals surface area contributed by atoms with Crippen LogP contribution in [0.3, 0.4) is 0 Å². The van der Waals surface area contributed by atoms with E-state index in [1.165, 1.54) is 18.5 Å². The molecule has 1 aliphatic heterocycles. The molecule has 1 fully saturated rings. The van der Waals surface area contributed by atoms with E-state index in [0.717, 1.165) is 12.2 Å². The molecule has 1 heterocycles. The second kappa shape index (κ2) is 5.07. The van der Waals surface area contributed by atoms with Crippen LogP contribution in [0, 0.1) is 0 Å². The van der Waals surface area contributed by atoms with Crippen LogP contribution in [0.15, 0.2) is 24.3 Å². The molecule has 0 saturated carbocycles. The van der Waals surface area contributed by atoms with Gasteiger partial charge in [0.15, 0.2) is 0 Å². The summed E-state index contributed by atoms with van der Waals surface area (Å²) in [6, 6.07) is 9.41. The minimum Gasteiger partial charge on any atom is -0.399 e. The zero-order valence-electron chi connectivity index (χ0n) is 11.1. The SMILES string of the molecule is CC(c1cccc(N)c1)N1CCC(N(C)C)C1. The van der Waals surface area contributed by atoms with E-state index in [9.17, 15) is 0 Å². The number of rotatable bonds is 3. The van der Waals surface area contributed by atoms with Crippen LogP contribution >= 0.6 is 0 Å². The third kappa shape index (κ3) is 2.79. The third-order valence-corrected chi connectivity index (χ3v) is 3.87. The van der Waals surface area contributed by atoms with Crippen LogP contribution in [0.5, 0.6) is 0 Å². The highest BCUT2D eigenvalue weighted by atomic mass is 15.2. The number of likely N-dealkylation sites (N-methyl/N-ethyl adjacent to an activating group) is 1. The minimum atomic E-state index is 0.462. The Hall–Kier alpha value is -1.06. The summed E-state index contributed by atoms with van der Waals surface area (Å²) >= 11 is 0. The summed E-state index contributed by atoms with van der Waals surface area (Å²) < 4.78 is 0. The molecule has 1 aromatic rings. The van der Waals surface area contributed by atoms with Crippen LogP contribution < -0.4 is 5.73 Å². The van der Waals surface area contributed by atoms with E-state index in [1.54, 1.807) is 0 Å². The molecule has 0 radical (unpaired) electrons. The summed E-state index contributed by atoms with van der Waals surface area (Å²) in [6.45, 7) is 4.61. The number of likely N-dealkylation sites (tertiary alicyclic amines) is 1. The number of nitrogens with zero attached hydrogens (tertiary/aromatic N) is 2. The van der Waals surface area contributed by atoms with Crippen LogP contribution in [-0.4, -0.2) is 43.0 Å². The lowest BCUT2D eigenvalue weighted by molar-refractivity contribution is 0.228. The molecule has 2 rings (SSSR count). The number of hydrogen-bond donors (Lipinski definition) is 1. The van der Waals surface area contributed by atoms with Gasteiger partial charge in [-0.25, -0.2) is 0 Å². The molecule has 1 aliphatic rings. The maximum atomic E-state index is 5.84. The second-order valence-electron chi connectivity index (χ2n) is 5.25. The Morgan fingerprint density at radius 1 is 1.41 bits per heavy atom. The maximum absolute atomic E-state index is 5.84. The summed E-state index contributed by atoms with van der Waals surface area (Å²) in [5.74, 6) is 0. The van der Waals surface area contributed by atoms with E-state index >= 15 is 0 Å². The largest absolute Gasteiger partial charge is 0.399 e. The van der Waals surface area contributed by atoms with Gasteiger partial charge in [-0.05, 0) is 45.1 Å². The van der Waals surface area contributed by atoms with Gasteiger partial charge >= 0.3 is 0 Å². The second-order valence-corrected chi connectivity index (χ2v) is 5.25. The van der Waals surface area contributed by atoms with Gasteiger partial charge in [0, 0.05) is 30.9 Å². The Morgan fingerprint density at radius 2 is 2.18 bits per heavy atom. The van der Waals surface area contributed by atoms with E-state index in [2.05, 4.69) is 43.0 Å². The average molecular weight is 233 g/mol. The van der Waals surface area contributed by atoms with Crippen molar-refractivity contribution in [2.45, 2.75) is 25.4 Å². The third-order valence-electron chi connectivity index (χ3n) is 3.87. The van der Waals surface area contributed by atoms with Crippen molar-refractivity contribution in [3.63, 3.8) is 0 Å². The van der Waals surface area contributed by atoms with Gasteiger partial charge in [0.1, 0.15) is 0 Å². The molecule has 0 bridgehead atoms. The molecule has 2 N–H and O–H groups in total. The minimum absolute atomic E-state index is 0.462. The average Bonchev–Trinajstić information content (AvgIpc) is 2.77. The standard InChI is InChI=1S/C14H23N3/c1-11(12-5-4-6-13(15)9-12)17-8-7-14(10-17)16(2)3/h4-6,9,11,14H,7-8,10,15H2,1-3H3. The lowest BCUT2D eigenvalue weighted by Gasteiger charge is -2.26. The van der Waals surface area contributed by atoms with Crippen molar-refractivity contribution >= 4 is 5.69 Å². The predicted molar refractivity (Wildman–Crippen MR) is 72.9 cm³/mol. The van der Waals surface area contributed by atoms with Crippen molar-refractivity contribution in [2.75, 3.05) is 32.9 Å². The highest BCUT2D eigenvalue weighted by Gasteiger charge is 2.27. The number of nitrogens with two attached hydrogens (primary N) is 1. The van der Waals surface area contributed by atoms with Crippen molar-refractivity contribution in [2.24, 2.45) is 0 Å². The zero-order valence-corrected chi connectivity index (χ0v) is 11.1. The first-order valence-electron chi connectivity index (χ1n) is 6.34. The summed E-state index contributed by atoms with van der Waals surface area (Å²) in [6.07, 6.45) is 1.26. The lowest BCUT2D eigenvalue weighted by Crippen LogP contribution is -2.32. The van der Waals surface area contributed by atoms with Crippen LogP contribution in [0.1, 0.15) is 24.9 Å². The number of hydrogen-bond acceptors (Lipinski definition) is 3. The highest BCUT2D eigenvalue weighted by Crippen LogP contribution is 2.26.